The molecule has 0 fully saturated rings. The van der Waals surface area contributed by atoms with Crippen LogP contribution in [-0.4, -0.2) is 12.8 Å². The summed E-state index contributed by atoms with van der Waals surface area (Å²) in [5, 5.41) is 0. The van der Waals surface area contributed by atoms with Gasteiger partial charge in [0.05, 0.1) is 0 Å². The Hall–Kier alpha value is -0.330. The molecule has 1 heteroatoms. The van der Waals surface area contributed by atoms with Crippen LogP contribution in [0.25, 0.3) is 0 Å². The van der Waals surface area contributed by atoms with Crippen LogP contribution in [0.5, 0.6) is 0 Å². The van der Waals surface area contributed by atoms with E-state index in [4.69, 9.17) is 0 Å². The minimum Gasteiger partial charge on any atom is -0.297 e. The molecule has 1 atom stereocenters. The summed E-state index contributed by atoms with van der Waals surface area (Å²) in [6.45, 7) is 7.63. The van der Waals surface area contributed by atoms with Crippen molar-refractivity contribution in [1.82, 2.24) is 0 Å². The van der Waals surface area contributed by atoms with Crippen molar-refractivity contribution in [3.63, 3.8) is 0 Å². The van der Waals surface area contributed by atoms with E-state index in [0.29, 0.717) is 0 Å². The summed E-state index contributed by atoms with van der Waals surface area (Å²) in [7, 11) is 0. The van der Waals surface area contributed by atoms with Crippen LogP contribution in [-0.2, 0) is 0 Å². The summed E-state index contributed by atoms with van der Waals surface area (Å²) in [5.74, 6) is 0.758. The van der Waals surface area contributed by atoms with Crippen LogP contribution in [0.2, 0.25) is 0 Å². The predicted molar refractivity (Wildman–Crippen MR) is 47.7 cm³/mol. The molecule has 0 heterocycles. The molecule has 1 unspecified atom stereocenters. The Bertz CT molecular complexity index is 86.7. The number of aliphatic imine (C=N–C) groups is 1. The lowest BCUT2D eigenvalue weighted by molar-refractivity contribution is 0.577. The number of hydrogen-bond donors (Lipinski definition) is 0. The third kappa shape index (κ3) is 5.80. The third-order valence-corrected chi connectivity index (χ3v) is 1.66. The molecular formula is C9H19N. The minimum absolute atomic E-state index is 0.758. The highest BCUT2D eigenvalue weighted by Gasteiger charge is 1.92. The maximum atomic E-state index is 4.31. The molecule has 0 aromatic carbocycles. The fraction of sp³-hybridized carbons (Fsp3) is 0.889. The van der Waals surface area contributed by atoms with E-state index in [9.17, 15) is 0 Å². The van der Waals surface area contributed by atoms with Crippen molar-refractivity contribution < 1.29 is 0 Å². The smallest absolute Gasteiger partial charge is 0.0410 e. The van der Waals surface area contributed by atoms with E-state index in [2.05, 4.69) is 25.8 Å². The molecule has 0 N–H and O–H groups in total. The zero-order valence-corrected chi connectivity index (χ0v) is 7.43. The van der Waals surface area contributed by atoms with Gasteiger partial charge in [-0.25, -0.2) is 0 Å². The first-order chi connectivity index (χ1) is 4.81. The molecule has 0 amide bonds. The maximum Gasteiger partial charge on any atom is 0.0410 e. The van der Waals surface area contributed by atoms with E-state index >= 15 is 0 Å². The summed E-state index contributed by atoms with van der Waals surface area (Å²) in [5.41, 5.74) is 0. The molecule has 1 nitrogen and oxygen atoms in total. The lowest BCUT2D eigenvalue weighted by atomic mass is 10.1. The Morgan fingerprint density at radius 3 is 2.60 bits per heavy atom. The van der Waals surface area contributed by atoms with Crippen molar-refractivity contribution in [3.05, 3.63) is 0 Å². The van der Waals surface area contributed by atoms with Crippen LogP contribution >= 0.6 is 0 Å². The van der Waals surface area contributed by atoms with Gasteiger partial charge >= 0.3 is 0 Å². The Morgan fingerprint density at radius 1 is 1.40 bits per heavy atom. The molecule has 0 bridgehead atoms. The van der Waals surface area contributed by atoms with Gasteiger partial charge in [-0.1, -0.05) is 33.6 Å². The Balaban J connectivity index is 3.16. The molecular weight excluding hydrogens is 122 g/mol. The van der Waals surface area contributed by atoms with Gasteiger partial charge in [0.15, 0.2) is 0 Å². The van der Waals surface area contributed by atoms with E-state index in [-0.39, 0.29) is 0 Å². The van der Waals surface area contributed by atoms with Gasteiger partial charge in [0, 0.05) is 6.54 Å². The van der Waals surface area contributed by atoms with E-state index in [0.717, 1.165) is 18.9 Å². The van der Waals surface area contributed by atoms with E-state index in [1.54, 1.807) is 0 Å². The first-order valence-electron chi connectivity index (χ1n) is 4.29. The van der Waals surface area contributed by atoms with Gasteiger partial charge in [-0.15, -0.1) is 0 Å². The van der Waals surface area contributed by atoms with E-state index < -0.39 is 0 Å². The Labute approximate surface area is 64.6 Å². The number of unbranched alkanes of at least 4 members (excludes halogenated alkanes) is 1. The standard InChI is InChI=1S/C9H19N/c1-4-6-7-10-8-9(3)5-2/h7,9H,4-6,8H2,1-3H3. The highest BCUT2D eigenvalue weighted by atomic mass is 14.7. The molecule has 0 spiro atoms. The van der Waals surface area contributed by atoms with Crippen LogP contribution in [0.1, 0.15) is 40.0 Å². The van der Waals surface area contributed by atoms with Crippen LogP contribution in [0.3, 0.4) is 0 Å². The first kappa shape index (κ1) is 9.67. The average molecular weight is 141 g/mol. The van der Waals surface area contributed by atoms with Gasteiger partial charge in [-0.3, -0.25) is 4.99 Å². The quantitative estimate of drug-likeness (QED) is 0.522. The van der Waals surface area contributed by atoms with Crippen molar-refractivity contribution in [3.8, 4) is 0 Å². The molecule has 60 valence electrons. The fourth-order valence-electron chi connectivity index (χ4n) is 0.604. The second-order valence-corrected chi connectivity index (χ2v) is 2.85. The summed E-state index contributed by atoms with van der Waals surface area (Å²) in [6, 6.07) is 0. The zero-order chi connectivity index (χ0) is 7.82. The number of hydrogen-bond acceptors (Lipinski definition) is 1. The lowest BCUT2D eigenvalue weighted by Gasteiger charge is -2.01. The van der Waals surface area contributed by atoms with Crippen molar-refractivity contribution in [2.75, 3.05) is 6.54 Å². The Morgan fingerprint density at radius 2 is 2.10 bits per heavy atom. The highest BCUT2D eigenvalue weighted by Crippen LogP contribution is 1.99. The normalized spacial score (nSPS) is 14.3. The van der Waals surface area contributed by atoms with Crippen molar-refractivity contribution in [2.45, 2.75) is 40.0 Å². The molecule has 0 aromatic heterocycles. The minimum atomic E-state index is 0.758. The summed E-state index contributed by atoms with van der Waals surface area (Å²) < 4.78 is 0. The maximum absolute atomic E-state index is 4.31. The molecule has 0 radical (unpaired) electrons. The van der Waals surface area contributed by atoms with E-state index in [1.807, 2.05) is 6.21 Å². The fourth-order valence-corrected chi connectivity index (χ4v) is 0.604. The first-order valence-corrected chi connectivity index (χ1v) is 4.29. The lowest BCUT2D eigenvalue weighted by Crippen LogP contribution is -1.96. The summed E-state index contributed by atoms with van der Waals surface area (Å²) >= 11 is 0. The van der Waals surface area contributed by atoms with Gasteiger partial charge in [-0.05, 0) is 18.6 Å². The third-order valence-electron chi connectivity index (χ3n) is 1.66. The molecule has 0 saturated heterocycles. The summed E-state index contributed by atoms with van der Waals surface area (Å²) in [6.07, 6.45) is 5.63. The van der Waals surface area contributed by atoms with Gasteiger partial charge < -0.3 is 0 Å². The molecule has 0 aromatic rings. The van der Waals surface area contributed by atoms with Crippen LogP contribution in [0.15, 0.2) is 4.99 Å². The second-order valence-electron chi connectivity index (χ2n) is 2.85. The monoisotopic (exact) mass is 141 g/mol. The molecule has 0 saturated carbocycles. The van der Waals surface area contributed by atoms with Gasteiger partial charge in [0.2, 0.25) is 0 Å². The van der Waals surface area contributed by atoms with Crippen molar-refractivity contribution in [1.29, 1.82) is 0 Å². The van der Waals surface area contributed by atoms with Crippen molar-refractivity contribution >= 4 is 6.21 Å². The molecule has 0 rings (SSSR count). The van der Waals surface area contributed by atoms with E-state index in [1.165, 1.54) is 12.8 Å². The van der Waals surface area contributed by atoms with Gasteiger partial charge in [0.25, 0.3) is 0 Å². The zero-order valence-electron chi connectivity index (χ0n) is 7.43. The second kappa shape index (κ2) is 6.79. The van der Waals surface area contributed by atoms with Crippen molar-refractivity contribution in [2.24, 2.45) is 10.9 Å². The SMILES string of the molecule is CCCC=NCC(C)CC. The molecule has 0 aliphatic rings. The Kier molecular flexibility index (Phi) is 6.56. The molecule has 10 heavy (non-hydrogen) atoms. The van der Waals surface area contributed by atoms with Crippen LogP contribution < -0.4 is 0 Å². The average Bonchev–Trinajstić information content (AvgIpc) is 1.98. The molecule has 0 aliphatic carbocycles. The topological polar surface area (TPSA) is 12.4 Å². The van der Waals surface area contributed by atoms with Crippen LogP contribution in [0.4, 0.5) is 0 Å². The largest absolute Gasteiger partial charge is 0.297 e. The highest BCUT2D eigenvalue weighted by molar-refractivity contribution is 5.56. The van der Waals surface area contributed by atoms with Gasteiger partial charge in [0.1, 0.15) is 0 Å². The predicted octanol–water partition coefficient (Wildman–Crippen LogP) is 2.90. The van der Waals surface area contributed by atoms with Crippen LogP contribution in [0, 0.1) is 5.92 Å². The number of nitrogens with zero attached hydrogens (tertiary/aromatic N) is 1. The van der Waals surface area contributed by atoms with Gasteiger partial charge in [-0.2, -0.15) is 0 Å². The summed E-state index contributed by atoms with van der Waals surface area (Å²) in [4.78, 5) is 4.31. The number of rotatable bonds is 5. The molecule has 0 aliphatic heterocycles.